The molecule has 0 unspecified atom stereocenters. The van der Waals surface area contributed by atoms with Gasteiger partial charge in [0.2, 0.25) is 5.91 Å². The van der Waals surface area contributed by atoms with Crippen LogP contribution in [0, 0.1) is 0 Å². The van der Waals surface area contributed by atoms with Crippen LogP contribution in [0.5, 0.6) is 0 Å². The lowest BCUT2D eigenvalue weighted by atomic mass is 10.2. The molecule has 1 N–H and O–H groups in total. The molecule has 0 aliphatic rings. The smallest absolute Gasteiger partial charge is 0.236 e. The molecule has 0 spiro atoms. The Bertz CT molecular complexity index is 178. The molecule has 13 heavy (non-hydrogen) atoms. The van der Waals surface area contributed by atoms with Crippen LogP contribution in [0.3, 0.4) is 0 Å². The molecule has 0 saturated heterocycles. The second-order valence-electron chi connectivity index (χ2n) is 3.29. The third-order valence-electron chi connectivity index (χ3n) is 1.90. The summed E-state index contributed by atoms with van der Waals surface area (Å²) < 4.78 is 0. The fourth-order valence-corrected chi connectivity index (χ4v) is 0.808. The first-order valence-corrected chi connectivity index (χ1v) is 4.67. The minimum Gasteiger partial charge on any atom is -0.345 e. The van der Waals surface area contributed by atoms with E-state index in [0.29, 0.717) is 6.54 Å². The highest BCUT2D eigenvalue weighted by Crippen LogP contribution is 1.91. The van der Waals surface area contributed by atoms with Gasteiger partial charge in [0.15, 0.2) is 0 Å². The lowest BCUT2D eigenvalue weighted by molar-refractivity contribution is -0.128. The number of nitrogens with zero attached hydrogens (tertiary/aromatic N) is 1. The van der Waals surface area contributed by atoms with E-state index in [9.17, 15) is 4.79 Å². The molecule has 3 nitrogen and oxygen atoms in total. The maximum absolute atomic E-state index is 11.3. The number of likely N-dealkylation sites (N-methyl/N-ethyl adjacent to an activating group) is 1. The lowest BCUT2D eigenvalue weighted by Gasteiger charge is -2.14. The molecular weight excluding hydrogens is 164 g/mol. The van der Waals surface area contributed by atoms with Crippen molar-refractivity contribution in [3.63, 3.8) is 0 Å². The predicted molar refractivity (Wildman–Crippen MR) is 55.6 cm³/mol. The molecular formula is C10H20N2O. The summed E-state index contributed by atoms with van der Waals surface area (Å²) in [6, 6.07) is 0. The first-order valence-electron chi connectivity index (χ1n) is 4.67. The summed E-state index contributed by atoms with van der Waals surface area (Å²) in [7, 11) is 1.81. The Labute approximate surface area is 80.8 Å². The highest BCUT2D eigenvalue weighted by atomic mass is 16.2. The molecule has 0 heterocycles. The monoisotopic (exact) mass is 184 g/mol. The van der Waals surface area contributed by atoms with E-state index in [1.54, 1.807) is 4.90 Å². The van der Waals surface area contributed by atoms with Gasteiger partial charge in [-0.2, -0.15) is 0 Å². The molecule has 76 valence electrons. The van der Waals surface area contributed by atoms with Gasteiger partial charge in [0.05, 0.1) is 6.54 Å². The number of carbonyl (C=O) groups is 1. The van der Waals surface area contributed by atoms with Crippen molar-refractivity contribution in [1.82, 2.24) is 10.2 Å². The van der Waals surface area contributed by atoms with Gasteiger partial charge in [-0.05, 0) is 26.8 Å². The average molecular weight is 184 g/mol. The summed E-state index contributed by atoms with van der Waals surface area (Å²) in [5.74, 6) is 0.143. The van der Waals surface area contributed by atoms with Crippen LogP contribution in [-0.2, 0) is 4.79 Å². The summed E-state index contributed by atoms with van der Waals surface area (Å²) in [5.41, 5.74) is 1.14. The predicted octanol–water partition coefficient (Wildman–Crippen LogP) is 1.02. The molecule has 1 amide bonds. The van der Waals surface area contributed by atoms with E-state index in [4.69, 9.17) is 0 Å². The normalized spacial score (nSPS) is 9.77. The standard InChI is InChI=1S/C10H20N2O/c1-5-12(4)10(13)8-11-7-6-9(2)3/h11H,2,5-8H2,1,3-4H3. The van der Waals surface area contributed by atoms with Crippen molar-refractivity contribution in [2.75, 3.05) is 26.7 Å². The van der Waals surface area contributed by atoms with E-state index in [2.05, 4.69) is 11.9 Å². The van der Waals surface area contributed by atoms with Gasteiger partial charge >= 0.3 is 0 Å². The molecule has 0 fully saturated rings. The van der Waals surface area contributed by atoms with Gasteiger partial charge in [0.25, 0.3) is 0 Å². The van der Waals surface area contributed by atoms with Gasteiger partial charge in [0.1, 0.15) is 0 Å². The van der Waals surface area contributed by atoms with Crippen LogP contribution in [0.4, 0.5) is 0 Å². The number of hydrogen-bond donors (Lipinski definition) is 1. The average Bonchev–Trinajstić information content (AvgIpc) is 2.10. The van der Waals surface area contributed by atoms with Gasteiger partial charge in [0, 0.05) is 13.6 Å². The van der Waals surface area contributed by atoms with Crippen molar-refractivity contribution in [2.45, 2.75) is 20.3 Å². The van der Waals surface area contributed by atoms with Crippen LogP contribution in [-0.4, -0.2) is 37.5 Å². The number of hydrogen-bond acceptors (Lipinski definition) is 2. The molecule has 0 saturated carbocycles. The zero-order valence-corrected chi connectivity index (χ0v) is 8.89. The Morgan fingerprint density at radius 2 is 2.15 bits per heavy atom. The van der Waals surface area contributed by atoms with E-state index < -0.39 is 0 Å². The molecule has 0 aromatic heterocycles. The second kappa shape index (κ2) is 6.66. The molecule has 0 aliphatic carbocycles. The van der Waals surface area contributed by atoms with Gasteiger partial charge in [-0.25, -0.2) is 0 Å². The maximum Gasteiger partial charge on any atom is 0.236 e. The fraction of sp³-hybridized carbons (Fsp3) is 0.700. The Morgan fingerprint density at radius 1 is 1.54 bits per heavy atom. The zero-order chi connectivity index (χ0) is 10.3. The molecule has 3 heteroatoms. The third kappa shape index (κ3) is 6.34. The van der Waals surface area contributed by atoms with Crippen LogP contribution in [0.1, 0.15) is 20.3 Å². The van der Waals surface area contributed by atoms with Crippen molar-refractivity contribution in [3.8, 4) is 0 Å². The molecule has 0 aromatic rings. The van der Waals surface area contributed by atoms with Crippen molar-refractivity contribution < 1.29 is 4.79 Å². The Kier molecular flexibility index (Phi) is 6.24. The van der Waals surface area contributed by atoms with Crippen LogP contribution in [0.2, 0.25) is 0 Å². The number of nitrogens with one attached hydrogen (secondary N) is 1. The van der Waals surface area contributed by atoms with Gasteiger partial charge in [-0.1, -0.05) is 5.57 Å². The molecule has 0 atom stereocenters. The molecule has 0 rings (SSSR count). The topological polar surface area (TPSA) is 32.3 Å². The second-order valence-corrected chi connectivity index (χ2v) is 3.29. The minimum absolute atomic E-state index is 0.143. The first kappa shape index (κ1) is 12.2. The lowest BCUT2D eigenvalue weighted by Crippen LogP contribution is -2.35. The van der Waals surface area contributed by atoms with Gasteiger partial charge in [-0.3, -0.25) is 4.79 Å². The first-order chi connectivity index (χ1) is 6.07. The van der Waals surface area contributed by atoms with Crippen molar-refractivity contribution in [3.05, 3.63) is 12.2 Å². The Hall–Kier alpha value is -0.830. The maximum atomic E-state index is 11.3. The van der Waals surface area contributed by atoms with Crippen LogP contribution >= 0.6 is 0 Å². The van der Waals surface area contributed by atoms with Crippen molar-refractivity contribution in [2.24, 2.45) is 0 Å². The quantitative estimate of drug-likeness (QED) is 0.494. The Balaban J connectivity index is 3.42. The highest BCUT2D eigenvalue weighted by molar-refractivity contribution is 5.77. The van der Waals surface area contributed by atoms with Crippen molar-refractivity contribution >= 4 is 5.91 Å². The summed E-state index contributed by atoms with van der Waals surface area (Å²) in [6.07, 6.45) is 0.934. The minimum atomic E-state index is 0.143. The van der Waals surface area contributed by atoms with E-state index in [0.717, 1.165) is 25.1 Å². The Morgan fingerprint density at radius 3 is 2.62 bits per heavy atom. The van der Waals surface area contributed by atoms with E-state index in [-0.39, 0.29) is 5.91 Å². The molecule has 0 radical (unpaired) electrons. The van der Waals surface area contributed by atoms with Crippen molar-refractivity contribution in [1.29, 1.82) is 0 Å². The largest absolute Gasteiger partial charge is 0.345 e. The summed E-state index contributed by atoms with van der Waals surface area (Å²) in [6.45, 7) is 9.76. The number of rotatable bonds is 6. The van der Waals surface area contributed by atoms with Gasteiger partial charge < -0.3 is 10.2 Å². The third-order valence-corrected chi connectivity index (χ3v) is 1.90. The van der Waals surface area contributed by atoms with E-state index >= 15 is 0 Å². The summed E-state index contributed by atoms with van der Waals surface area (Å²) in [5, 5.41) is 3.08. The van der Waals surface area contributed by atoms with E-state index in [1.165, 1.54) is 0 Å². The fourth-order valence-electron chi connectivity index (χ4n) is 0.808. The van der Waals surface area contributed by atoms with Crippen LogP contribution in [0.25, 0.3) is 0 Å². The highest BCUT2D eigenvalue weighted by Gasteiger charge is 2.04. The van der Waals surface area contributed by atoms with Crippen LogP contribution < -0.4 is 5.32 Å². The number of amides is 1. The summed E-state index contributed by atoms with van der Waals surface area (Å²) >= 11 is 0. The molecule has 0 aliphatic heterocycles. The summed E-state index contributed by atoms with van der Waals surface area (Å²) in [4.78, 5) is 13.0. The SMILES string of the molecule is C=C(C)CCNCC(=O)N(C)CC. The molecule has 0 bridgehead atoms. The zero-order valence-electron chi connectivity index (χ0n) is 8.89. The molecule has 0 aromatic carbocycles. The van der Waals surface area contributed by atoms with Gasteiger partial charge in [-0.15, -0.1) is 6.58 Å². The van der Waals surface area contributed by atoms with E-state index in [1.807, 2.05) is 20.9 Å². The number of carbonyl (C=O) groups excluding carboxylic acids is 1. The van der Waals surface area contributed by atoms with Crippen LogP contribution in [0.15, 0.2) is 12.2 Å².